The lowest BCUT2D eigenvalue weighted by molar-refractivity contribution is -1.10. The molecule has 262 valence electrons. The van der Waals surface area contributed by atoms with E-state index in [1.54, 1.807) is 38.3 Å². The molecule has 0 radical (unpaired) electrons. The number of rotatable bonds is 12. The van der Waals surface area contributed by atoms with Gasteiger partial charge in [-0.25, -0.2) is 19.0 Å². The summed E-state index contributed by atoms with van der Waals surface area (Å²) in [7, 11) is 0. The molecular formula is C34H51FN8O5+2. The van der Waals surface area contributed by atoms with E-state index in [-0.39, 0.29) is 29.2 Å². The number of benzene rings is 1. The normalized spacial score (nSPS) is 16.4. The Morgan fingerprint density at radius 2 is 1.83 bits per heavy atom. The van der Waals surface area contributed by atoms with Gasteiger partial charge in [0.1, 0.15) is 43.4 Å². The monoisotopic (exact) mass is 670 g/mol. The molecule has 0 atom stereocenters. The molecule has 0 bridgehead atoms. The second-order valence-electron chi connectivity index (χ2n) is 13.0. The molecule has 48 heavy (non-hydrogen) atoms. The van der Waals surface area contributed by atoms with Gasteiger partial charge in [-0.3, -0.25) is 9.79 Å². The summed E-state index contributed by atoms with van der Waals surface area (Å²) in [5.74, 6) is -0.0484. The molecule has 0 aliphatic carbocycles. The van der Waals surface area contributed by atoms with Crippen molar-refractivity contribution in [1.29, 1.82) is 0 Å². The van der Waals surface area contributed by atoms with E-state index < -0.39 is 23.5 Å². The number of alkyl carbamates (subject to hydrolysis) is 1. The number of urea groups is 1. The van der Waals surface area contributed by atoms with Crippen LogP contribution in [0.2, 0.25) is 0 Å². The van der Waals surface area contributed by atoms with Crippen molar-refractivity contribution in [1.82, 2.24) is 21.3 Å². The zero-order valence-corrected chi connectivity index (χ0v) is 28.8. The number of amides is 4. The number of anilines is 1. The number of hydroxylamine groups is 3. The fraction of sp³-hybridized carbons (Fsp3) is 0.500. The maximum absolute atomic E-state index is 15.0. The van der Waals surface area contributed by atoms with Crippen LogP contribution >= 0.6 is 0 Å². The number of quaternary nitrogens is 1. The molecule has 1 aromatic carbocycles. The van der Waals surface area contributed by atoms with Crippen molar-refractivity contribution in [3.8, 4) is 0 Å². The number of nitrogens with one attached hydrogen (secondary N) is 5. The third-order valence-electron chi connectivity index (χ3n) is 7.64. The molecule has 3 rings (SSSR count). The van der Waals surface area contributed by atoms with Gasteiger partial charge in [0.05, 0.1) is 25.4 Å². The third kappa shape index (κ3) is 12.2. The Balaban J connectivity index is 1.50. The van der Waals surface area contributed by atoms with E-state index in [2.05, 4.69) is 44.9 Å². The van der Waals surface area contributed by atoms with E-state index in [1.165, 1.54) is 12.1 Å². The van der Waals surface area contributed by atoms with E-state index in [0.717, 1.165) is 30.4 Å². The van der Waals surface area contributed by atoms with E-state index in [1.807, 2.05) is 13.0 Å². The molecule has 0 unspecified atom stereocenters. The van der Waals surface area contributed by atoms with Gasteiger partial charge in [0.2, 0.25) is 5.91 Å². The van der Waals surface area contributed by atoms with Gasteiger partial charge in [-0.15, -0.1) is 0 Å². The summed E-state index contributed by atoms with van der Waals surface area (Å²) in [6, 6.07) is 3.65. The minimum absolute atomic E-state index is 0.0224. The molecule has 1 fully saturated rings. The van der Waals surface area contributed by atoms with Gasteiger partial charge < -0.3 is 26.0 Å². The fourth-order valence-corrected chi connectivity index (χ4v) is 5.36. The van der Waals surface area contributed by atoms with Gasteiger partial charge in [-0.1, -0.05) is 12.6 Å². The van der Waals surface area contributed by atoms with Crippen LogP contribution in [0.4, 0.5) is 19.7 Å². The highest BCUT2D eigenvalue weighted by Gasteiger charge is 2.29. The SMILES string of the molecule is C=C(NC(CC(=O)NCC[N+]1(O)CCCCC1)=NCC)c1ccc(NC(=O)NCC2=CC(C)=C(NC(=O)OC(C)(C)C)[N+](=C)C2)c(F)c1. The van der Waals surface area contributed by atoms with Crippen LogP contribution in [0.5, 0.6) is 0 Å². The van der Waals surface area contributed by atoms with Gasteiger partial charge in [-0.05, 0) is 77.7 Å². The lowest BCUT2D eigenvalue weighted by atomic mass is 10.1. The third-order valence-corrected chi connectivity index (χ3v) is 7.64. The maximum atomic E-state index is 15.0. The number of likely N-dealkylation sites (tertiary alicyclic amines) is 1. The number of amidine groups is 1. The molecule has 1 aromatic rings. The fourth-order valence-electron chi connectivity index (χ4n) is 5.36. The number of ether oxygens (including phenoxy) is 1. The van der Waals surface area contributed by atoms with Crippen LogP contribution in [-0.4, -0.2) is 96.4 Å². The van der Waals surface area contributed by atoms with E-state index in [4.69, 9.17) is 4.74 Å². The van der Waals surface area contributed by atoms with Crippen LogP contribution in [0.25, 0.3) is 5.70 Å². The molecule has 0 spiro atoms. The first kappa shape index (κ1) is 37.9. The quantitative estimate of drug-likeness (QED) is 0.0847. The van der Waals surface area contributed by atoms with Crippen molar-refractivity contribution in [2.45, 2.75) is 65.9 Å². The lowest BCUT2D eigenvalue weighted by Gasteiger charge is -2.33. The minimum Gasteiger partial charge on any atom is -0.426 e. The molecular weight excluding hydrogens is 619 g/mol. The van der Waals surface area contributed by atoms with Gasteiger partial charge >= 0.3 is 12.1 Å². The number of aliphatic imine (C=N–C) groups is 1. The topological polar surface area (TPSA) is 156 Å². The summed E-state index contributed by atoms with van der Waals surface area (Å²) in [5, 5.41) is 24.4. The maximum Gasteiger partial charge on any atom is 0.505 e. The smallest absolute Gasteiger partial charge is 0.426 e. The lowest BCUT2D eigenvalue weighted by Crippen LogP contribution is -2.52. The number of carbonyl (C=O) groups is 3. The number of hydrogen-bond acceptors (Lipinski definition) is 6. The first-order chi connectivity index (χ1) is 22.6. The molecule has 2 aliphatic rings. The number of nitrogens with zero attached hydrogens (tertiary/aromatic N) is 3. The summed E-state index contributed by atoms with van der Waals surface area (Å²) in [5.41, 5.74) is 1.64. The number of piperidine rings is 1. The molecule has 6 N–H and O–H groups in total. The molecule has 1 saturated heterocycles. The molecule has 4 amide bonds. The van der Waals surface area contributed by atoms with Crippen molar-refractivity contribution in [3.63, 3.8) is 0 Å². The number of allylic oxidation sites excluding steroid dienone is 2. The molecule has 0 aromatic heterocycles. The first-order valence-corrected chi connectivity index (χ1v) is 16.3. The Morgan fingerprint density at radius 3 is 2.46 bits per heavy atom. The highest BCUT2D eigenvalue weighted by atomic mass is 19.1. The van der Waals surface area contributed by atoms with Crippen LogP contribution < -0.4 is 26.6 Å². The summed E-state index contributed by atoms with van der Waals surface area (Å²) in [4.78, 5) is 41.7. The zero-order chi connectivity index (χ0) is 35.5. The highest BCUT2D eigenvalue weighted by Crippen LogP contribution is 2.20. The number of hydrogen-bond donors (Lipinski definition) is 6. The number of carbonyl (C=O) groups excluding carboxylic acids is 3. The second kappa shape index (κ2) is 17.0. The average Bonchev–Trinajstić information content (AvgIpc) is 2.98. The van der Waals surface area contributed by atoms with E-state index in [9.17, 15) is 19.6 Å². The van der Waals surface area contributed by atoms with Crippen molar-refractivity contribution in [3.05, 3.63) is 59.2 Å². The minimum atomic E-state index is -0.673. The van der Waals surface area contributed by atoms with Crippen LogP contribution in [0.3, 0.4) is 0 Å². The second-order valence-corrected chi connectivity index (χ2v) is 13.0. The Hall–Kier alpha value is -4.56. The number of halogens is 1. The average molecular weight is 671 g/mol. The standard InChI is InChI=1S/C34H49FN8O5/c1-8-36-29(20-30(44)37-14-17-43(47)15-10-9-11-16-43)39-24(3)26-12-13-28(27(35)19-26)40-32(45)38-21-25-18-23(2)31(42(7)22-25)41-33(46)48-34(4,5)6/h12-13,18-19,47H,3,7-11,14-17,20-22H2,1-2,4-6H3,(H3-2,36,37,38,39,40,41,44,45,46)/p+2. The Labute approximate surface area is 282 Å². The van der Waals surface area contributed by atoms with Crippen LogP contribution in [0.15, 0.2) is 52.8 Å². The Bertz CT molecular complexity index is 1490. The van der Waals surface area contributed by atoms with E-state index >= 15 is 4.39 Å². The van der Waals surface area contributed by atoms with Crippen molar-refractivity contribution in [2.24, 2.45) is 4.99 Å². The first-order valence-electron chi connectivity index (χ1n) is 16.3. The molecule has 2 heterocycles. The van der Waals surface area contributed by atoms with Crippen molar-refractivity contribution >= 4 is 42.0 Å². The van der Waals surface area contributed by atoms with Crippen LogP contribution in [0, 0.1) is 5.82 Å². The predicted molar refractivity (Wildman–Crippen MR) is 184 cm³/mol. The summed E-state index contributed by atoms with van der Waals surface area (Å²) >= 11 is 0. The summed E-state index contributed by atoms with van der Waals surface area (Å²) in [6.07, 6.45) is 4.28. The molecule has 0 saturated carbocycles. The van der Waals surface area contributed by atoms with Crippen LogP contribution in [-0.2, 0) is 9.53 Å². The largest absolute Gasteiger partial charge is 0.505 e. The predicted octanol–water partition coefficient (Wildman–Crippen LogP) is 4.23. The van der Waals surface area contributed by atoms with Gasteiger partial charge in [0.25, 0.3) is 5.82 Å². The van der Waals surface area contributed by atoms with Crippen molar-refractivity contribution < 1.29 is 37.9 Å². The Kier molecular flexibility index (Phi) is 13.4. The van der Waals surface area contributed by atoms with Crippen LogP contribution in [0.1, 0.15) is 65.9 Å². The summed E-state index contributed by atoms with van der Waals surface area (Å²) in [6.45, 7) is 20.0. The highest BCUT2D eigenvalue weighted by molar-refractivity contribution is 6.03. The zero-order valence-electron chi connectivity index (χ0n) is 28.8. The Morgan fingerprint density at radius 1 is 1.12 bits per heavy atom. The summed E-state index contributed by atoms with van der Waals surface area (Å²) < 4.78 is 21.9. The van der Waals surface area contributed by atoms with Gasteiger partial charge in [0, 0.05) is 29.9 Å². The van der Waals surface area contributed by atoms with Gasteiger partial charge in [0.15, 0.2) is 0 Å². The molecule has 14 heteroatoms. The molecule has 13 nitrogen and oxygen atoms in total. The molecule has 2 aliphatic heterocycles. The van der Waals surface area contributed by atoms with Crippen molar-refractivity contribution in [2.75, 3.05) is 51.1 Å². The van der Waals surface area contributed by atoms with E-state index in [0.29, 0.717) is 62.2 Å². The van der Waals surface area contributed by atoms with Gasteiger partial charge in [-0.2, -0.15) is 14.8 Å².